The summed E-state index contributed by atoms with van der Waals surface area (Å²) in [6, 6.07) is 17.5. The van der Waals surface area contributed by atoms with Crippen LogP contribution in [0.1, 0.15) is 32.4 Å². The molecule has 2 amide bonds. The highest BCUT2D eigenvalue weighted by Gasteiger charge is 2.75. The molecule has 0 radical (unpaired) electrons. The van der Waals surface area contributed by atoms with E-state index in [1.807, 2.05) is 0 Å². The summed E-state index contributed by atoms with van der Waals surface area (Å²) in [5, 5.41) is 0.333. The van der Waals surface area contributed by atoms with E-state index in [0.717, 1.165) is 4.90 Å². The van der Waals surface area contributed by atoms with Gasteiger partial charge in [-0.2, -0.15) is 0 Å². The second kappa shape index (κ2) is 8.00. The van der Waals surface area contributed by atoms with Gasteiger partial charge in [0.15, 0.2) is 0 Å². The Balaban J connectivity index is 1.56. The lowest BCUT2D eigenvalue weighted by Gasteiger charge is -2.27. The fourth-order valence-corrected chi connectivity index (χ4v) is 5.96. The molecular weight excluding hydrogens is 505 g/mol. The minimum absolute atomic E-state index is 0.121. The number of amides is 2. The molecule has 3 aliphatic rings. The predicted molar refractivity (Wildman–Crippen MR) is 131 cm³/mol. The van der Waals surface area contributed by atoms with Crippen molar-refractivity contribution >= 4 is 52.3 Å². The van der Waals surface area contributed by atoms with E-state index in [-0.39, 0.29) is 26.9 Å². The number of halogens is 2. The zero-order valence-corrected chi connectivity index (χ0v) is 20.2. The first-order valence-electron chi connectivity index (χ1n) is 11.1. The Kier molecular flexibility index (Phi) is 5.09. The van der Waals surface area contributed by atoms with Gasteiger partial charge in [0, 0.05) is 22.8 Å². The molecule has 3 aromatic rings. The Morgan fingerprint density at radius 2 is 1.53 bits per heavy atom. The molecule has 0 aromatic heterocycles. The van der Waals surface area contributed by atoms with E-state index in [4.69, 9.17) is 32.7 Å². The number of rotatable bonds is 3. The number of nitrogens with zero attached hydrogens (tertiary/aromatic N) is 1. The highest BCUT2D eigenvalue weighted by Crippen LogP contribution is 2.58. The molecule has 2 fully saturated rings. The lowest BCUT2D eigenvalue weighted by molar-refractivity contribution is -0.127. The van der Waals surface area contributed by atoms with Gasteiger partial charge in [0.2, 0.25) is 29.0 Å². The van der Waals surface area contributed by atoms with Crippen LogP contribution < -0.4 is 9.64 Å². The maximum Gasteiger partial charge on any atom is 0.241 e. The van der Waals surface area contributed by atoms with Gasteiger partial charge in [0.05, 0.1) is 40.8 Å². The molecule has 1 spiro atoms. The van der Waals surface area contributed by atoms with Gasteiger partial charge in [0.25, 0.3) is 0 Å². The molecule has 2 saturated heterocycles. The fraction of sp³-hybridized carbons (Fsp3) is 0.185. The van der Waals surface area contributed by atoms with Gasteiger partial charge >= 0.3 is 0 Å². The van der Waals surface area contributed by atoms with Crippen molar-refractivity contribution in [1.82, 2.24) is 0 Å². The highest BCUT2D eigenvalue weighted by molar-refractivity contribution is 6.42. The number of carbonyl (C=O) groups excluding carboxylic acids is 4. The molecule has 0 unspecified atom stereocenters. The van der Waals surface area contributed by atoms with E-state index in [9.17, 15) is 19.2 Å². The molecule has 3 atom stereocenters. The van der Waals surface area contributed by atoms with Crippen molar-refractivity contribution in [3.63, 3.8) is 0 Å². The van der Waals surface area contributed by atoms with E-state index in [0.29, 0.717) is 11.3 Å². The van der Waals surface area contributed by atoms with Crippen molar-refractivity contribution < 1.29 is 28.7 Å². The number of Topliss-reactive ketones (excluding diaryl/α,β-unsaturated/α-hetero) is 2. The van der Waals surface area contributed by atoms with Crippen molar-refractivity contribution in [3.05, 3.63) is 93.5 Å². The van der Waals surface area contributed by atoms with Gasteiger partial charge in [-0.1, -0.05) is 65.7 Å². The van der Waals surface area contributed by atoms with Gasteiger partial charge in [-0.3, -0.25) is 19.2 Å². The Hall–Kier alpha value is -3.52. The number of ether oxygens (including phenoxy) is 2. The largest absolute Gasteiger partial charge is 0.497 e. The zero-order chi connectivity index (χ0) is 25.4. The van der Waals surface area contributed by atoms with Gasteiger partial charge in [-0.25, -0.2) is 4.90 Å². The molecule has 2 heterocycles. The number of ketones is 2. The summed E-state index contributed by atoms with van der Waals surface area (Å²) >= 11 is 12.7. The van der Waals surface area contributed by atoms with E-state index >= 15 is 0 Å². The van der Waals surface area contributed by atoms with E-state index < -0.39 is 46.9 Å². The Labute approximate surface area is 215 Å². The number of fused-ring (bicyclic) bond motifs is 3. The van der Waals surface area contributed by atoms with Gasteiger partial charge < -0.3 is 9.47 Å². The molecular formula is C27H17Cl2NO6. The van der Waals surface area contributed by atoms with Gasteiger partial charge in [-0.15, -0.1) is 0 Å². The second-order valence-electron chi connectivity index (χ2n) is 8.84. The molecule has 7 nitrogen and oxygen atoms in total. The minimum Gasteiger partial charge on any atom is -0.497 e. The van der Waals surface area contributed by atoms with Crippen LogP contribution in [0.2, 0.25) is 10.0 Å². The fourth-order valence-electron chi connectivity index (χ4n) is 5.54. The number of benzene rings is 3. The third kappa shape index (κ3) is 2.85. The summed E-state index contributed by atoms with van der Waals surface area (Å²) in [4.78, 5) is 56.4. The van der Waals surface area contributed by atoms with Crippen LogP contribution in [0.4, 0.5) is 5.69 Å². The third-order valence-corrected chi connectivity index (χ3v) is 7.95. The molecule has 0 N–H and O–H groups in total. The summed E-state index contributed by atoms with van der Waals surface area (Å²) in [7, 11) is 1.47. The van der Waals surface area contributed by atoms with Crippen LogP contribution in [0.5, 0.6) is 5.75 Å². The van der Waals surface area contributed by atoms with Crippen molar-refractivity contribution in [1.29, 1.82) is 0 Å². The average Bonchev–Trinajstić information content (AvgIpc) is 3.45. The van der Waals surface area contributed by atoms with Crippen LogP contribution in [0.15, 0.2) is 66.7 Å². The zero-order valence-electron chi connectivity index (χ0n) is 18.7. The molecule has 1 aliphatic carbocycles. The van der Waals surface area contributed by atoms with Crippen LogP contribution >= 0.6 is 23.2 Å². The van der Waals surface area contributed by atoms with Crippen LogP contribution in [0.3, 0.4) is 0 Å². The predicted octanol–water partition coefficient (Wildman–Crippen LogP) is 4.70. The monoisotopic (exact) mass is 521 g/mol. The Bertz CT molecular complexity index is 1470. The maximum atomic E-state index is 14.0. The lowest BCUT2D eigenvalue weighted by atomic mass is 9.77. The number of hydrogen-bond acceptors (Lipinski definition) is 6. The van der Waals surface area contributed by atoms with Gasteiger partial charge in [-0.05, 0) is 18.2 Å². The van der Waals surface area contributed by atoms with Crippen molar-refractivity contribution in [2.45, 2.75) is 11.7 Å². The number of carbonyl (C=O) groups is 4. The first-order valence-corrected chi connectivity index (χ1v) is 11.9. The normalized spacial score (nSPS) is 24.0. The summed E-state index contributed by atoms with van der Waals surface area (Å²) in [6.07, 6.45) is -1.16. The topological polar surface area (TPSA) is 90.0 Å². The highest BCUT2D eigenvalue weighted by atomic mass is 35.5. The molecule has 0 bridgehead atoms. The van der Waals surface area contributed by atoms with Gasteiger partial charge in [0.1, 0.15) is 5.75 Å². The summed E-state index contributed by atoms with van der Waals surface area (Å²) in [6.45, 7) is 0. The van der Waals surface area contributed by atoms with Crippen LogP contribution in [-0.4, -0.2) is 36.1 Å². The molecule has 0 saturated carbocycles. The first-order chi connectivity index (χ1) is 17.3. The first kappa shape index (κ1) is 22.9. The third-order valence-electron chi connectivity index (χ3n) is 7.12. The molecule has 3 aromatic carbocycles. The smallest absolute Gasteiger partial charge is 0.241 e. The van der Waals surface area contributed by atoms with Crippen molar-refractivity contribution in [2.75, 3.05) is 12.0 Å². The molecule has 180 valence electrons. The van der Waals surface area contributed by atoms with Crippen molar-refractivity contribution in [3.8, 4) is 5.75 Å². The molecule has 36 heavy (non-hydrogen) atoms. The van der Waals surface area contributed by atoms with Crippen LogP contribution in [0, 0.1) is 11.8 Å². The number of imide groups is 1. The minimum atomic E-state index is -2.19. The van der Waals surface area contributed by atoms with E-state index in [1.165, 1.54) is 19.2 Å². The number of hydrogen-bond donors (Lipinski definition) is 0. The second-order valence-corrected chi connectivity index (χ2v) is 9.62. The quantitative estimate of drug-likeness (QED) is 0.366. The number of methoxy groups -OCH3 is 1. The number of anilines is 1. The molecule has 9 heteroatoms. The lowest BCUT2D eigenvalue weighted by Crippen LogP contribution is -2.51. The maximum absolute atomic E-state index is 14.0. The van der Waals surface area contributed by atoms with Crippen LogP contribution in [0.25, 0.3) is 0 Å². The summed E-state index contributed by atoms with van der Waals surface area (Å²) in [5.41, 5.74) is -1.30. The van der Waals surface area contributed by atoms with Crippen molar-refractivity contribution in [2.24, 2.45) is 11.8 Å². The SMILES string of the molecule is COc1cccc(N2C(=O)[C@H]3[C@@H](C2=O)C2(O[C@H]3c3cccc(Cl)c3Cl)C(=O)c3ccccc3C2=O)c1. The Morgan fingerprint density at radius 3 is 2.19 bits per heavy atom. The van der Waals surface area contributed by atoms with E-state index in [2.05, 4.69) is 0 Å². The summed E-state index contributed by atoms with van der Waals surface area (Å²) in [5.74, 6) is -4.72. The average molecular weight is 522 g/mol. The van der Waals surface area contributed by atoms with E-state index in [1.54, 1.807) is 54.6 Å². The van der Waals surface area contributed by atoms with Crippen LogP contribution in [-0.2, 0) is 14.3 Å². The Morgan fingerprint density at radius 1 is 0.861 bits per heavy atom. The standard InChI is InChI=1S/C27H17Cl2NO6/c1-35-14-7-4-6-13(12-14)30-25(33)19-20(26(30)34)27(23(31)15-8-2-3-9-16(15)24(27)32)36-22(19)17-10-5-11-18(28)21(17)29/h2-12,19-20,22H,1H3/t19-,20-,22-/m0/s1. The molecule has 6 rings (SSSR count). The summed E-state index contributed by atoms with van der Waals surface area (Å²) < 4.78 is 11.5. The molecule has 2 aliphatic heterocycles.